The van der Waals surface area contributed by atoms with Crippen LogP contribution in [0.2, 0.25) is 0 Å². The van der Waals surface area contributed by atoms with E-state index in [0.29, 0.717) is 11.3 Å². The molecule has 3 rings (SSSR count). The van der Waals surface area contributed by atoms with Crippen LogP contribution in [0, 0.1) is 12.8 Å². The lowest BCUT2D eigenvalue weighted by atomic mass is 9.98. The Morgan fingerprint density at radius 3 is 2.89 bits per heavy atom. The van der Waals surface area contributed by atoms with Crippen LogP contribution in [-0.2, 0) is 0 Å². The number of rotatable bonds is 1. The minimum Gasteiger partial charge on any atom is -0.371 e. The Morgan fingerprint density at radius 2 is 2.11 bits per heavy atom. The van der Waals surface area contributed by atoms with Crippen molar-refractivity contribution < 1.29 is 0 Å². The van der Waals surface area contributed by atoms with E-state index in [4.69, 9.17) is 11.6 Å². The highest BCUT2D eigenvalue weighted by Crippen LogP contribution is 2.31. The molecule has 100 valence electrons. The van der Waals surface area contributed by atoms with Gasteiger partial charge in [-0.15, -0.1) is 11.6 Å². The minimum atomic E-state index is 0.311. The lowest BCUT2D eigenvalue weighted by molar-refractivity contribution is 0.455. The van der Waals surface area contributed by atoms with Gasteiger partial charge in [0, 0.05) is 35.2 Å². The first-order chi connectivity index (χ1) is 9.15. The summed E-state index contributed by atoms with van der Waals surface area (Å²) in [6, 6.07) is 10.6. The van der Waals surface area contributed by atoms with Crippen molar-refractivity contribution in [3.8, 4) is 0 Å². The first-order valence-electron chi connectivity index (χ1n) is 6.90. The molecule has 2 atom stereocenters. The van der Waals surface area contributed by atoms with Gasteiger partial charge in [-0.2, -0.15) is 0 Å². The molecule has 2 unspecified atom stereocenters. The van der Waals surface area contributed by atoms with Crippen molar-refractivity contribution in [3.05, 3.63) is 36.0 Å². The number of nitrogens with zero attached hydrogens (tertiary/aromatic N) is 2. The molecule has 2 aromatic rings. The van der Waals surface area contributed by atoms with Crippen molar-refractivity contribution in [1.82, 2.24) is 4.98 Å². The Labute approximate surface area is 119 Å². The highest BCUT2D eigenvalue weighted by molar-refractivity contribution is 6.20. The molecule has 0 N–H and O–H groups in total. The number of hydrogen-bond acceptors (Lipinski definition) is 2. The number of aryl methyl sites for hydroxylation is 1. The van der Waals surface area contributed by atoms with E-state index in [1.165, 1.54) is 11.1 Å². The summed E-state index contributed by atoms with van der Waals surface area (Å²) in [7, 11) is 0. The minimum absolute atomic E-state index is 0.311. The molecule has 1 fully saturated rings. The van der Waals surface area contributed by atoms with Crippen LogP contribution < -0.4 is 4.90 Å². The third-order valence-electron chi connectivity index (χ3n) is 3.96. The second-order valence-corrected chi connectivity index (χ2v) is 6.09. The van der Waals surface area contributed by atoms with Crippen LogP contribution in [0.25, 0.3) is 10.9 Å². The molecular weight excluding hydrogens is 256 g/mol. The zero-order chi connectivity index (χ0) is 13.4. The maximum atomic E-state index is 6.33. The van der Waals surface area contributed by atoms with Crippen LogP contribution in [0.3, 0.4) is 0 Å². The Morgan fingerprint density at radius 1 is 1.32 bits per heavy atom. The molecular formula is C16H19ClN2. The van der Waals surface area contributed by atoms with Gasteiger partial charge in [-0.3, -0.25) is 4.98 Å². The average Bonchev–Trinajstić information content (AvgIpc) is 2.41. The summed E-state index contributed by atoms with van der Waals surface area (Å²) >= 11 is 6.33. The Hall–Kier alpha value is -1.28. The van der Waals surface area contributed by atoms with Gasteiger partial charge in [-0.25, -0.2) is 0 Å². The summed E-state index contributed by atoms with van der Waals surface area (Å²) in [6.07, 6.45) is 1.05. The molecule has 1 aromatic heterocycles. The van der Waals surface area contributed by atoms with Crippen LogP contribution >= 0.6 is 11.6 Å². The SMILES string of the molecule is Cc1cc(N2CCC(Cl)C(C)C2)c2ccccc2n1. The van der Waals surface area contributed by atoms with Gasteiger partial charge in [-0.1, -0.05) is 25.1 Å². The van der Waals surface area contributed by atoms with Crippen molar-refractivity contribution >= 4 is 28.2 Å². The molecule has 0 radical (unpaired) electrons. The van der Waals surface area contributed by atoms with E-state index in [-0.39, 0.29) is 0 Å². The van der Waals surface area contributed by atoms with Gasteiger partial charge in [0.25, 0.3) is 0 Å². The summed E-state index contributed by atoms with van der Waals surface area (Å²) in [5, 5.41) is 1.55. The maximum absolute atomic E-state index is 6.33. The standard InChI is InChI=1S/C16H19ClN2/c1-11-10-19(8-7-14(11)17)16-9-12(2)18-15-6-4-3-5-13(15)16/h3-6,9,11,14H,7-8,10H2,1-2H3. The van der Waals surface area contributed by atoms with Crippen LogP contribution in [0.15, 0.2) is 30.3 Å². The van der Waals surface area contributed by atoms with Crippen LogP contribution in [0.4, 0.5) is 5.69 Å². The molecule has 0 bridgehead atoms. The number of hydrogen-bond donors (Lipinski definition) is 0. The molecule has 2 nitrogen and oxygen atoms in total. The largest absolute Gasteiger partial charge is 0.371 e. The number of piperidine rings is 1. The topological polar surface area (TPSA) is 16.1 Å². The smallest absolute Gasteiger partial charge is 0.0726 e. The summed E-state index contributed by atoms with van der Waals surface area (Å²) in [5.74, 6) is 0.530. The lowest BCUT2D eigenvalue weighted by Crippen LogP contribution is -2.40. The molecule has 1 saturated heterocycles. The molecule has 1 aliphatic heterocycles. The number of benzene rings is 1. The van der Waals surface area contributed by atoms with Crippen LogP contribution in [-0.4, -0.2) is 23.5 Å². The Bertz CT molecular complexity index is 596. The van der Waals surface area contributed by atoms with E-state index in [1.807, 2.05) is 6.07 Å². The zero-order valence-corrected chi connectivity index (χ0v) is 12.2. The highest BCUT2D eigenvalue weighted by atomic mass is 35.5. The maximum Gasteiger partial charge on any atom is 0.0726 e. The molecule has 0 amide bonds. The molecule has 1 aromatic carbocycles. The Balaban J connectivity index is 2.05. The van der Waals surface area contributed by atoms with Gasteiger partial charge in [0.2, 0.25) is 0 Å². The van der Waals surface area contributed by atoms with Gasteiger partial charge in [0.05, 0.1) is 5.52 Å². The fourth-order valence-corrected chi connectivity index (χ4v) is 3.06. The van der Waals surface area contributed by atoms with Crippen molar-refractivity contribution in [1.29, 1.82) is 0 Å². The number of pyridine rings is 1. The fraction of sp³-hybridized carbons (Fsp3) is 0.438. The molecule has 0 saturated carbocycles. The number of alkyl halides is 1. The highest BCUT2D eigenvalue weighted by Gasteiger charge is 2.25. The monoisotopic (exact) mass is 274 g/mol. The predicted octanol–water partition coefficient (Wildman–Crippen LogP) is 4.00. The van der Waals surface area contributed by atoms with Crippen molar-refractivity contribution in [2.45, 2.75) is 25.6 Å². The molecule has 0 aliphatic carbocycles. The van der Waals surface area contributed by atoms with Crippen molar-refractivity contribution in [2.24, 2.45) is 5.92 Å². The quantitative estimate of drug-likeness (QED) is 0.731. The first kappa shape index (κ1) is 12.7. The molecule has 19 heavy (non-hydrogen) atoms. The second kappa shape index (κ2) is 5.01. The normalized spacial score (nSPS) is 23.8. The summed E-state index contributed by atoms with van der Waals surface area (Å²) in [6.45, 7) is 6.36. The van der Waals surface area contributed by atoms with E-state index < -0.39 is 0 Å². The van der Waals surface area contributed by atoms with Crippen LogP contribution in [0.5, 0.6) is 0 Å². The van der Waals surface area contributed by atoms with E-state index in [0.717, 1.165) is 30.7 Å². The third-order valence-corrected chi connectivity index (χ3v) is 4.61. The third kappa shape index (κ3) is 2.42. The van der Waals surface area contributed by atoms with Gasteiger partial charge in [0.1, 0.15) is 0 Å². The summed E-state index contributed by atoms with van der Waals surface area (Å²) in [4.78, 5) is 7.07. The zero-order valence-electron chi connectivity index (χ0n) is 11.4. The lowest BCUT2D eigenvalue weighted by Gasteiger charge is -2.36. The van der Waals surface area contributed by atoms with Gasteiger partial charge < -0.3 is 4.90 Å². The second-order valence-electron chi connectivity index (χ2n) is 5.53. The van der Waals surface area contributed by atoms with Crippen molar-refractivity contribution in [2.75, 3.05) is 18.0 Å². The number of fused-ring (bicyclic) bond motifs is 1. The Kier molecular flexibility index (Phi) is 3.36. The number of aromatic nitrogens is 1. The fourth-order valence-electron chi connectivity index (χ4n) is 2.88. The molecule has 0 spiro atoms. The van der Waals surface area contributed by atoms with Crippen LogP contribution in [0.1, 0.15) is 19.0 Å². The number of halogens is 1. The van der Waals surface area contributed by atoms with Gasteiger partial charge in [0.15, 0.2) is 0 Å². The van der Waals surface area contributed by atoms with Gasteiger partial charge in [-0.05, 0) is 31.4 Å². The van der Waals surface area contributed by atoms with E-state index >= 15 is 0 Å². The van der Waals surface area contributed by atoms with E-state index in [1.54, 1.807) is 0 Å². The van der Waals surface area contributed by atoms with Gasteiger partial charge >= 0.3 is 0 Å². The van der Waals surface area contributed by atoms with Crippen molar-refractivity contribution in [3.63, 3.8) is 0 Å². The molecule has 3 heteroatoms. The molecule has 2 heterocycles. The average molecular weight is 275 g/mol. The predicted molar refractivity (Wildman–Crippen MR) is 82.1 cm³/mol. The summed E-state index contributed by atoms with van der Waals surface area (Å²) < 4.78 is 0. The van der Waals surface area contributed by atoms with E-state index in [2.05, 4.69) is 48.0 Å². The first-order valence-corrected chi connectivity index (χ1v) is 7.34. The molecule has 1 aliphatic rings. The number of para-hydroxylation sites is 1. The summed E-state index contributed by atoms with van der Waals surface area (Å²) in [5.41, 5.74) is 3.46. The van der Waals surface area contributed by atoms with E-state index in [9.17, 15) is 0 Å². The number of anilines is 1.